The van der Waals surface area contributed by atoms with Crippen LogP contribution in [0.3, 0.4) is 0 Å². The summed E-state index contributed by atoms with van der Waals surface area (Å²) in [7, 11) is 1.48. The van der Waals surface area contributed by atoms with E-state index < -0.39 is 17.4 Å². The highest BCUT2D eigenvalue weighted by molar-refractivity contribution is 5.88. The summed E-state index contributed by atoms with van der Waals surface area (Å²) >= 11 is 0. The van der Waals surface area contributed by atoms with Gasteiger partial charge in [-0.05, 0) is 87.0 Å². The first-order valence-electron chi connectivity index (χ1n) is 16.7. The Morgan fingerprint density at radius 3 is 2.35 bits per heavy atom. The molecule has 0 heterocycles. The molecule has 1 unspecified atom stereocenters. The van der Waals surface area contributed by atoms with Crippen LogP contribution in [0.5, 0.6) is 0 Å². The Bertz CT molecular complexity index is 1250. The van der Waals surface area contributed by atoms with Gasteiger partial charge >= 0.3 is 11.9 Å². The predicted molar refractivity (Wildman–Crippen MR) is 178 cm³/mol. The van der Waals surface area contributed by atoms with Gasteiger partial charge in [-0.1, -0.05) is 62.7 Å². The van der Waals surface area contributed by atoms with Crippen LogP contribution >= 0.6 is 0 Å². The van der Waals surface area contributed by atoms with Crippen LogP contribution in [0.2, 0.25) is 0 Å². The lowest BCUT2D eigenvalue weighted by atomic mass is 9.74. The summed E-state index contributed by atoms with van der Waals surface area (Å²) in [6.07, 6.45) is 7.98. The summed E-state index contributed by atoms with van der Waals surface area (Å²) in [5.74, 6) is -0.997. The fourth-order valence-electron chi connectivity index (χ4n) is 6.04. The molecule has 1 N–H and O–H groups in total. The van der Waals surface area contributed by atoms with Crippen molar-refractivity contribution in [1.82, 2.24) is 0 Å². The maximum Gasteiger partial charge on any atom is 0.335 e. The zero-order valence-corrected chi connectivity index (χ0v) is 28.2. The normalized spacial score (nSPS) is 17.3. The molecule has 7 nitrogen and oxygen atoms in total. The molecule has 1 aliphatic rings. The van der Waals surface area contributed by atoms with Gasteiger partial charge in [0.1, 0.15) is 5.82 Å². The van der Waals surface area contributed by atoms with Crippen molar-refractivity contribution in [3.63, 3.8) is 0 Å². The number of aliphatic hydroxyl groups excluding tert-OH is 1. The van der Waals surface area contributed by atoms with E-state index in [0.717, 1.165) is 43.2 Å². The largest absolute Gasteiger partial charge is 0.465 e. The van der Waals surface area contributed by atoms with E-state index in [1.54, 1.807) is 19.9 Å². The highest BCUT2D eigenvalue weighted by Gasteiger charge is 2.34. The van der Waals surface area contributed by atoms with Gasteiger partial charge in [0, 0.05) is 18.6 Å². The maximum absolute atomic E-state index is 15.4. The first-order valence-corrected chi connectivity index (χ1v) is 16.7. The molecule has 1 aliphatic carbocycles. The summed E-state index contributed by atoms with van der Waals surface area (Å²) in [5.41, 5.74) is 3.09. The van der Waals surface area contributed by atoms with Crippen LogP contribution < -0.4 is 0 Å². The Morgan fingerprint density at radius 2 is 1.72 bits per heavy atom. The second-order valence-corrected chi connectivity index (χ2v) is 13.2. The van der Waals surface area contributed by atoms with Gasteiger partial charge in [-0.3, -0.25) is 4.79 Å². The molecule has 0 radical (unpaired) electrons. The molecule has 1 fully saturated rings. The summed E-state index contributed by atoms with van der Waals surface area (Å²) in [6.45, 7) is 9.78. The lowest BCUT2D eigenvalue weighted by molar-refractivity contribution is -0.161. The van der Waals surface area contributed by atoms with Gasteiger partial charge in [-0.25, -0.2) is 9.18 Å². The van der Waals surface area contributed by atoms with E-state index in [-0.39, 0.29) is 68.8 Å². The smallest absolute Gasteiger partial charge is 0.335 e. The van der Waals surface area contributed by atoms with Crippen molar-refractivity contribution >= 4 is 11.9 Å². The van der Waals surface area contributed by atoms with Gasteiger partial charge in [-0.15, -0.1) is 0 Å². The molecule has 0 spiro atoms. The van der Waals surface area contributed by atoms with Crippen molar-refractivity contribution in [3.05, 3.63) is 71.6 Å². The van der Waals surface area contributed by atoms with Crippen LogP contribution in [-0.4, -0.2) is 63.8 Å². The number of benzene rings is 2. The van der Waals surface area contributed by atoms with Crippen molar-refractivity contribution in [1.29, 1.82) is 0 Å². The summed E-state index contributed by atoms with van der Waals surface area (Å²) in [5, 5.41) is 8.98. The average molecular weight is 641 g/mol. The minimum atomic E-state index is -0.895. The molecule has 1 saturated carbocycles. The Labute approximate surface area is 274 Å². The van der Waals surface area contributed by atoms with Crippen molar-refractivity contribution in [2.24, 2.45) is 17.3 Å². The summed E-state index contributed by atoms with van der Waals surface area (Å²) in [4.78, 5) is 25.4. The van der Waals surface area contributed by atoms with E-state index in [2.05, 4.69) is 25.6 Å². The number of carbonyl (C=O) groups is 2. The second kappa shape index (κ2) is 18.9. The van der Waals surface area contributed by atoms with Crippen LogP contribution in [0.15, 0.2) is 54.6 Å². The molecule has 2 aromatic rings. The van der Waals surface area contributed by atoms with Crippen molar-refractivity contribution in [2.75, 3.05) is 46.8 Å². The lowest BCUT2D eigenvalue weighted by Crippen LogP contribution is -2.36. The Hall–Kier alpha value is -3.07. The highest BCUT2D eigenvalue weighted by Crippen LogP contribution is 2.40. The SMILES string of the molecule is C=C(COC)C(=O)OCC(COC(=O)C(C)(C)COCCO)C1CCC(c2ccc(-c3ccc(CCCCC)cc3)c(F)c2)CC1. The van der Waals surface area contributed by atoms with Gasteiger partial charge in [0.25, 0.3) is 0 Å². The minimum Gasteiger partial charge on any atom is -0.465 e. The average Bonchev–Trinajstić information content (AvgIpc) is 3.05. The third-order valence-electron chi connectivity index (χ3n) is 8.95. The van der Waals surface area contributed by atoms with Crippen LogP contribution in [0.25, 0.3) is 11.1 Å². The van der Waals surface area contributed by atoms with E-state index in [9.17, 15) is 9.59 Å². The molecule has 254 valence electrons. The Morgan fingerprint density at radius 1 is 1.02 bits per heavy atom. The van der Waals surface area contributed by atoms with E-state index in [1.165, 1.54) is 31.9 Å². The first-order chi connectivity index (χ1) is 22.1. The van der Waals surface area contributed by atoms with Gasteiger partial charge in [0.2, 0.25) is 0 Å². The number of rotatable bonds is 19. The van der Waals surface area contributed by atoms with Crippen molar-refractivity contribution in [3.8, 4) is 11.1 Å². The molecule has 0 aromatic heterocycles. The minimum absolute atomic E-state index is 0.0747. The number of carbonyl (C=O) groups excluding carboxylic acids is 2. The number of unbranched alkanes of at least 4 members (excludes halogenated alkanes) is 2. The van der Waals surface area contributed by atoms with Crippen LogP contribution in [-0.2, 0) is 35.0 Å². The van der Waals surface area contributed by atoms with Gasteiger partial charge in [0.15, 0.2) is 0 Å². The van der Waals surface area contributed by atoms with E-state index in [4.69, 9.17) is 24.1 Å². The molecule has 3 rings (SSSR count). The van der Waals surface area contributed by atoms with E-state index >= 15 is 4.39 Å². The molecule has 0 bridgehead atoms. The molecule has 46 heavy (non-hydrogen) atoms. The molecular weight excluding hydrogens is 587 g/mol. The van der Waals surface area contributed by atoms with Crippen molar-refractivity contribution in [2.45, 2.75) is 78.1 Å². The Kier molecular flexibility index (Phi) is 15.4. The van der Waals surface area contributed by atoms with Gasteiger partial charge in [0.05, 0.1) is 50.6 Å². The topological polar surface area (TPSA) is 91.3 Å². The van der Waals surface area contributed by atoms with Gasteiger partial charge in [-0.2, -0.15) is 0 Å². The van der Waals surface area contributed by atoms with Crippen LogP contribution in [0, 0.1) is 23.1 Å². The van der Waals surface area contributed by atoms with Gasteiger partial charge < -0.3 is 24.1 Å². The number of ether oxygens (including phenoxy) is 4. The zero-order chi connectivity index (χ0) is 33.5. The summed E-state index contributed by atoms with van der Waals surface area (Å²) in [6, 6.07) is 13.8. The van der Waals surface area contributed by atoms with Crippen molar-refractivity contribution < 1.29 is 38.0 Å². The standard InChI is InChI=1S/C38H53FO7/c1-6-7-8-9-28-10-12-31(13-11-28)34-19-18-32(22-35(34)39)29-14-16-30(17-15-29)33(24-45-36(41)27(2)23-43-5)25-46-37(42)38(3,4)26-44-21-20-40/h10-13,18-19,22,29-30,33,40H,2,6-9,14-17,20-21,23-26H2,1,3-5H3. The number of aryl methyl sites for hydroxylation is 1. The lowest BCUT2D eigenvalue weighted by Gasteiger charge is -2.34. The number of hydrogen-bond donors (Lipinski definition) is 1. The molecule has 1 atom stereocenters. The number of halogens is 1. The molecule has 0 aliphatic heterocycles. The predicted octanol–water partition coefficient (Wildman–Crippen LogP) is 7.44. The third-order valence-corrected chi connectivity index (χ3v) is 8.95. The number of esters is 2. The monoisotopic (exact) mass is 640 g/mol. The second-order valence-electron chi connectivity index (χ2n) is 13.2. The fourth-order valence-corrected chi connectivity index (χ4v) is 6.04. The maximum atomic E-state index is 15.4. The summed E-state index contributed by atoms with van der Waals surface area (Å²) < 4.78 is 37.0. The van der Waals surface area contributed by atoms with E-state index in [0.29, 0.717) is 5.56 Å². The quantitative estimate of drug-likeness (QED) is 0.0970. The zero-order valence-electron chi connectivity index (χ0n) is 28.2. The van der Waals surface area contributed by atoms with E-state index in [1.807, 2.05) is 24.3 Å². The first kappa shape index (κ1) is 37.4. The molecule has 0 amide bonds. The Balaban J connectivity index is 1.63. The molecular formula is C38H53FO7. The molecule has 0 saturated heterocycles. The molecule has 2 aromatic carbocycles. The van der Waals surface area contributed by atoms with Crippen LogP contribution in [0.1, 0.15) is 82.8 Å². The number of hydrogen-bond acceptors (Lipinski definition) is 7. The number of aliphatic hydroxyl groups is 1. The fraction of sp³-hybridized carbons (Fsp3) is 0.579. The molecule has 8 heteroatoms. The van der Waals surface area contributed by atoms with Crippen LogP contribution in [0.4, 0.5) is 4.39 Å². The third kappa shape index (κ3) is 11.3. The number of methoxy groups -OCH3 is 1. The highest BCUT2D eigenvalue weighted by atomic mass is 19.1.